The Morgan fingerprint density at radius 3 is 2.40 bits per heavy atom. The quantitative estimate of drug-likeness (QED) is 0.701. The number of hydrogen-bond acceptors (Lipinski definition) is 2. The number of aliphatic carboxylic acids is 1. The first-order valence-electron chi connectivity index (χ1n) is 7.71. The topological polar surface area (TPSA) is 78.4 Å². The van der Waals surface area contributed by atoms with Crippen LogP contribution in [0, 0.1) is 11.3 Å². The normalized spacial score (nSPS) is 23.1. The maximum absolute atomic E-state index is 11.9. The van der Waals surface area contributed by atoms with Gasteiger partial charge >= 0.3 is 12.0 Å². The van der Waals surface area contributed by atoms with Crippen molar-refractivity contribution in [3.05, 3.63) is 0 Å². The molecule has 0 aromatic carbocycles. The average molecular weight is 284 g/mol. The van der Waals surface area contributed by atoms with Crippen molar-refractivity contribution in [1.82, 2.24) is 10.6 Å². The molecule has 2 atom stereocenters. The van der Waals surface area contributed by atoms with Crippen molar-refractivity contribution in [1.29, 1.82) is 0 Å². The maximum Gasteiger partial charge on any atom is 0.315 e. The number of carboxylic acid groups (broad SMARTS) is 1. The van der Waals surface area contributed by atoms with Gasteiger partial charge in [0.1, 0.15) is 0 Å². The average Bonchev–Trinajstić information content (AvgIpc) is 2.40. The van der Waals surface area contributed by atoms with E-state index in [9.17, 15) is 14.7 Å². The Morgan fingerprint density at radius 1 is 1.25 bits per heavy atom. The zero-order valence-electron chi connectivity index (χ0n) is 12.9. The summed E-state index contributed by atoms with van der Waals surface area (Å²) in [5, 5.41) is 15.0. The summed E-state index contributed by atoms with van der Waals surface area (Å²) in [6.07, 6.45) is 5.43. The van der Waals surface area contributed by atoms with Crippen LogP contribution in [0.3, 0.4) is 0 Å². The molecule has 2 amide bonds. The molecule has 1 aliphatic carbocycles. The molecular formula is C15H28N2O3. The molecule has 0 aromatic rings. The molecule has 20 heavy (non-hydrogen) atoms. The molecule has 0 bridgehead atoms. The number of rotatable bonds is 6. The maximum atomic E-state index is 11.9. The van der Waals surface area contributed by atoms with E-state index in [4.69, 9.17) is 0 Å². The Labute approximate surface area is 121 Å². The molecule has 5 nitrogen and oxygen atoms in total. The second-order valence-corrected chi connectivity index (χ2v) is 6.09. The number of carboxylic acids is 1. The van der Waals surface area contributed by atoms with Crippen LogP contribution in [-0.4, -0.2) is 29.7 Å². The van der Waals surface area contributed by atoms with Gasteiger partial charge in [-0.3, -0.25) is 4.79 Å². The SMILES string of the molecule is CCC(CC)(CNC(=O)NC1CCCC(C)C1)C(=O)O. The fourth-order valence-electron chi connectivity index (χ4n) is 2.93. The van der Waals surface area contributed by atoms with E-state index in [0.717, 1.165) is 19.3 Å². The Balaban J connectivity index is 2.43. The van der Waals surface area contributed by atoms with Gasteiger partial charge in [-0.05, 0) is 31.6 Å². The highest BCUT2D eigenvalue weighted by Crippen LogP contribution is 2.26. The molecule has 0 aliphatic heterocycles. The molecule has 5 heteroatoms. The lowest BCUT2D eigenvalue weighted by molar-refractivity contribution is -0.149. The van der Waals surface area contributed by atoms with Crippen LogP contribution in [0.5, 0.6) is 0 Å². The summed E-state index contributed by atoms with van der Waals surface area (Å²) < 4.78 is 0. The van der Waals surface area contributed by atoms with Crippen LogP contribution in [0.25, 0.3) is 0 Å². The predicted molar refractivity (Wildman–Crippen MR) is 78.6 cm³/mol. The van der Waals surface area contributed by atoms with E-state index in [1.54, 1.807) is 0 Å². The molecule has 1 aliphatic rings. The number of hydrogen-bond donors (Lipinski definition) is 3. The highest BCUT2D eigenvalue weighted by molar-refractivity contribution is 5.78. The second kappa shape index (κ2) is 7.50. The largest absolute Gasteiger partial charge is 0.481 e. The molecular weight excluding hydrogens is 256 g/mol. The van der Waals surface area contributed by atoms with Gasteiger partial charge in [0.25, 0.3) is 0 Å². The monoisotopic (exact) mass is 284 g/mol. The first-order chi connectivity index (χ1) is 9.43. The van der Waals surface area contributed by atoms with E-state index in [0.29, 0.717) is 18.8 Å². The van der Waals surface area contributed by atoms with Crippen molar-refractivity contribution in [2.24, 2.45) is 11.3 Å². The van der Waals surface area contributed by atoms with Crippen LogP contribution in [-0.2, 0) is 4.79 Å². The minimum atomic E-state index is -0.850. The van der Waals surface area contributed by atoms with Gasteiger partial charge in [-0.2, -0.15) is 0 Å². The van der Waals surface area contributed by atoms with Crippen LogP contribution < -0.4 is 10.6 Å². The Bertz CT molecular complexity index is 340. The number of nitrogens with one attached hydrogen (secondary N) is 2. The summed E-state index contributed by atoms with van der Waals surface area (Å²) in [6.45, 7) is 6.08. The number of urea groups is 1. The molecule has 0 aromatic heterocycles. The number of carbonyl (C=O) groups is 2. The third-order valence-electron chi connectivity index (χ3n) is 4.67. The summed E-state index contributed by atoms with van der Waals surface area (Å²) >= 11 is 0. The molecule has 1 saturated carbocycles. The van der Waals surface area contributed by atoms with Crippen LogP contribution in [0.2, 0.25) is 0 Å². The van der Waals surface area contributed by atoms with E-state index in [-0.39, 0.29) is 18.6 Å². The summed E-state index contributed by atoms with van der Waals surface area (Å²) in [5.74, 6) is -0.187. The van der Waals surface area contributed by atoms with Gasteiger partial charge in [0.05, 0.1) is 5.41 Å². The van der Waals surface area contributed by atoms with Gasteiger partial charge in [-0.25, -0.2) is 4.79 Å². The molecule has 0 heterocycles. The van der Waals surface area contributed by atoms with Crippen LogP contribution in [0.15, 0.2) is 0 Å². The molecule has 3 N–H and O–H groups in total. The van der Waals surface area contributed by atoms with E-state index >= 15 is 0 Å². The molecule has 0 spiro atoms. The van der Waals surface area contributed by atoms with Crippen LogP contribution in [0.4, 0.5) is 4.79 Å². The van der Waals surface area contributed by atoms with Crippen LogP contribution in [0.1, 0.15) is 59.3 Å². The second-order valence-electron chi connectivity index (χ2n) is 6.09. The van der Waals surface area contributed by atoms with Gasteiger partial charge in [0.2, 0.25) is 0 Å². The summed E-state index contributed by atoms with van der Waals surface area (Å²) in [7, 11) is 0. The minimum Gasteiger partial charge on any atom is -0.481 e. The smallest absolute Gasteiger partial charge is 0.315 e. The number of carbonyl (C=O) groups excluding carboxylic acids is 1. The van der Waals surface area contributed by atoms with Gasteiger partial charge in [0.15, 0.2) is 0 Å². The van der Waals surface area contributed by atoms with E-state index in [1.807, 2.05) is 13.8 Å². The summed E-state index contributed by atoms with van der Waals surface area (Å²) in [6, 6.07) is -0.0159. The van der Waals surface area contributed by atoms with Gasteiger partial charge in [-0.15, -0.1) is 0 Å². The Kier molecular flexibility index (Phi) is 6.30. The minimum absolute atomic E-state index is 0.184. The van der Waals surface area contributed by atoms with Crippen LogP contribution >= 0.6 is 0 Å². The predicted octanol–water partition coefficient (Wildman–Crippen LogP) is 2.76. The fraction of sp³-hybridized carbons (Fsp3) is 0.867. The Morgan fingerprint density at radius 2 is 1.90 bits per heavy atom. The molecule has 2 unspecified atom stereocenters. The van der Waals surface area contributed by atoms with Gasteiger partial charge in [-0.1, -0.05) is 33.6 Å². The van der Waals surface area contributed by atoms with Gasteiger partial charge in [0, 0.05) is 12.6 Å². The molecule has 1 rings (SSSR count). The van der Waals surface area contributed by atoms with E-state index in [1.165, 1.54) is 6.42 Å². The highest BCUT2D eigenvalue weighted by Gasteiger charge is 2.35. The third kappa shape index (κ3) is 4.39. The van der Waals surface area contributed by atoms with Crippen molar-refractivity contribution in [2.45, 2.75) is 65.3 Å². The highest BCUT2D eigenvalue weighted by atomic mass is 16.4. The third-order valence-corrected chi connectivity index (χ3v) is 4.67. The standard InChI is InChI=1S/C15H28N2O3/c1-4-15(5-2,13(18)19)10-16-14(20)17-12-8-6-7-11(3)9-12/h11-12H,4-10H2,1-3H3,(H,18,19)(H2,16,17,20). The molecule has 0 saturated heterocycles. The van der Waals surface area contributed by atoms with E-state index in [2.05, 4.69) is 17.6 Å². The van der Waals surface area contributed by atoms with Gasteiger partial charge < -0.3 is 15.7 Å². The summed E-state index contributed by atoms with van der Waals surface area (Å²) in [4.78, 5) is 23.3. The van der Waals surface area contributed by atoms with Crippen molar-refractivity contribution >= 4 is 12.0 Å². The van der Waals surface area contributed by atoms with Crippen molar-refractivity contribution in [2.75, 3.05) is 6.54 Å². The lowest BCUT2D eigenvalue weighted by Gasteiger charge is -2.29. The lowest BCUT2D eigenvalue weighted by Crippen LogP contribution is -2.49. The summed E-state index contributed by atoms with van der Waals surface area (Å²) in [5.41, 5.74) is -0.850. The first kappa shape index (κ1) is 16.8. The van der Waals surface area contributed by atoms with Crippen molar-refractivity contribution in [3.8, 4) is 0 Å². The molecule has 1 fully saturated rings. The zero-order valence-corrected chi connectivity index (χ0v) is 12.9. The Hall–Kier alpha value is -1.26. The van der Waals surface area contributed by atoms with Crippen molar-refractivity contribution < 1.29 is 14.7 Å². The van der Waals surface area contributed by atoms with E-state index < -0.39 is 11.4 Å². The molecule has 0 radical (unpaired) electrons. The number of amides is 2. The lowest BCUT2D eigenvalue weighted by atomic mass is 9.82. The molecule has 116 valence electrons. The zero-order chi connectivity index (χ0) is 15.2. The fourth-order valence-corrected chi connectivity index (χ4v) is 2.93. The van der Waals surface area contributed by atoms with Crippen molar-refractivity contribution in [3.63, 3.8) is 0 Å². The first-order valence-corrected chi connectivity index (χ1v) is 7.71.